The molecule has 33 heavy (non-hydrogen) atoms. The van der Waals surface area contributed by atoms with E-state index in [1.165, 1.54) is 0 Å². The van der Waals surface area contributed by atoms with E-state index in [1.54, 1.807) is 18.2 Å². The summed E-state index contributed by atoms with van der Waals surface area (Å²) in [5, 5.41) is 18.9. The van der Waals surface area contributed by atoms with Gasteiger partial charge in [0.25, 0.3) is 0 Å². The first-order chi connectivity index (χ1) is 15.8. The first-order valence-corrected chi connectivity index (χ1v) is 11.7. The highest BCUT2D eigenvalue weighted by atomic mass is 79.9. The van der Waals surface area contributed by atoms with E-state index in [0.29, 0.717) is 48.2 Å². The van der Waals surface area contributed by atoms with E-state index >= 15 is 0 Å². The molecule has 1 saturated carbocycles. The smallest absolute Gasteiger partial charge is 0.428 e. The summed E-state index contributed by atoms with van der Waals surface area (Å²) in [4.78, 5) is 38.1. The normalized spacial score (nSPS) is 20.6. The lowest BCUT2D eigenvalue weighted by atomic mass is 9.82. The topological polar surface area (TPSA) is 136 Å². The van der Waals surface area contributed by atoms with E-state index in [-0.39, 0.29) is 12.1 Å². The molecular weight excluding hydrogens is 492 g/mol. The second-order valence-electron chi connectivity index (χ2n) is 8.69. The Morgan fingerprint density at radius 1 is 1.36 bits per heavy atom. The number of nitrogens with one attached hydrogen (secondary N) is 3. The molecule has 2 heterocycles. The number of rotatable bonds is 5. The highest BCUT2D eigenvalue weighted by Crippen LogP contribution is 2.35. The number of amides is 3. The zero-order valence-electron chi connectivity index (χ0n) is 18.2. The molecule has 3 N–H and O–H groups in total. The standard InChI is InChI=1S/C22H25BrN6O4/c1-13(25-19(30)20(31)26-15-3-4-15)12-29-8-6-22(7-9-29)18(27-28-21(32)33-22)16-5-2-14(11-24)10-17(16)23/h2,5,10,13,15H,3-4,6-9,12H2,1H3,(H,25,30)(H,26,31)(H,28,32)/t13-/m0/s1. The summed E-state index contributed by atoms with van der Waals surface area (Å²) in [6.45, 7) is 3.67. The predicted octanol–water partition coefficient (Wildman–Crippen LogP) is 1.38. The van der Waals surface area contributed by atoms with Crippen LogP contribution in [0.2, 0.25) is 0 Å². The molecule has 0 unspecified atom stereocenters. The quantitative estimate of drug-likeness (QED) is 0.505. The number of benzene rings is 1. The van der Waals surface area contributed by atoms with Gasteiger partial charge in [0, 0.05) is 54.6 Å². The van der Waals surface area contributed by atoms with Crippen molar-refractivity contribution >= 4 is 39.5 Å². The van der Waals surface area contributed by atoms with Gasteiger partial charge in [-0.2, -0.15) is 10.4 Å². The number of nitrogens with zero attached hydrogens (tertiary/aromatic N) is 3. The molecule has 1 aliphatic carbocycles. The average molecular weight is 517 g/mol. The van der Waals surface area contributed by atoms with Crippen LogP contribution in [0, 0.1) is 11.3 Å². The van der Waals surface area contributed by atoms with Crippen molar-refractivity contribution in [2.24, 2.45) is 5.10 Å². The summed E-state index contributed by atoms with van der Waals surface area (Å²) >= 11 is 3.50. The van der Waals surface area contributed by atoms with E-state index < -0.39 is 23.5 Å². The zero-order valence-corrected chi connectivity index (χ0v) is 19.8. The number of hydrogen-bond acceptors (Lipinski definition) is 7. The number of hydrazone groups is 1. The van der Waals surface area contributed by atoms with Gasteiger partial charge in [0.1, 0.15) is 5.71 Å². The summed E-state index contributed by atoms with van der Waals surface area (Å²) in [7, 11) is 0. The second kappa shape index (κ2) is 9.49. The Bertz CT molecular complexity index is 1040. The van der Waals surface area contributed by atoms with Crippen LogP contribution in [0.3, 0.4) is 0 Å². The molecule has 1 saturated heterocycles. The third-order valence-electron chi connectivity index (χ3n) is 6.02. The van der Waals surface area contributed by atoms with Gasteiger partial charge in [0.2, 0.25) is 0 Å². The minimum atomic E-state index is -0.883. The maximum Gasteiger partial charge on any atom is 0.428 e. The Morgan fingerprint density at radius 2 is 2.09 bits per heavy atom. The summed E-state index contributed by atoms with van der Waals surface area (Å²) in [6, 6.07) is 7.22. The Balaban J connectivity index is 1.39. The molecule has 1 aromatic carbocycles. The van der Waals surface area contributed by atoms with Crippen LogP contribution < -0.4 is 16.1 Å². The van der Waals surface area contributed by atoms with Crippen molar-refractivity contribution in [2.75, 3.05) is 19.6 Å². The number of carbonyl (C=O) groups excluding carboxylic acids is 3. The molecule has 3 amide bonds. The van der Waals surface area contributed by atoms with E-state index in [4.69, 9.17) is 10.00 Å². The van der Waals surface area contributed by atoms with Gasteiger partial charge >= 0.3 is 17.9 Å². The summed E-state index contributed by atoms with van der Waals surface area (Å²) in [5.74, 6) is -1.20. The highest BCUT2D eigenvalue weighted by Gasteiger charge is 2.46. The minimum absolute atomic E-state index is 0.136. The number of halogens is 1. The Hall–Kier alpha value is -2.97. The molecule has 0 bridgehead atoms. The van der Waals surface area contributed by atoms with Crippen molar-refractivity contribution in [2.45, 2.75) is 50.3 Å². The van der Waals surface area contributed by atoms with Gasteiger partial charge in [-0.05, 0) is 31.9 Å². The van der Waals surface area contributed by atoms with Crippen molar-refractivity contribution in [1.29, 1.82) is 5.26 Å². The molecule has 3 aliphatic rings. The van der Waals surface area contributed by atoms with Crippen molar-refractivity contribution in [1.82, 2.24) is 21.0 Å². The van der Waals surface area contributed by atoms with E-state index in [1.807, 2.05) is 6.92 Å². The molecule has 1 aromatic rings. The molecule has 1 atom stereocenters. The number of nitriles is 1. The fourth-order valence-corrected chi connectivity index (χ4v) is 4.74. The number of carbonyl (C=O) groups is 3. The summed E-state index contributed by atoms with van der Waals surface area (Å²) in [5.41, 5.74) is 3.38. The van der Waals surface area contributed by atoms with Gasteiger partial charge in [0.05, 0.1) is 11.6 Å². The van der Waals surface area contributed by atoms with Crippen molar-refractivity contribution in [3.63, 3.8) is 0 Å². The average Bonchev–Trinajstić information content (AvgIpc) is 3.60. The molecule has 174 valence electrons. The van der Waals surface area contributed by atoms with Crippen LogP contribution >= 0.6 is 15.9 Å². The number of hydrogen-bond donors (Lipinski definition) is 3. The minimum Gasteiger partial charge on any atom is -0.435 e. The van der Waals surface area contributed by atoms with Crippen LogP contribution in [0.25, 0.3) is 0 Å². The van der Waals surface area contributed by atoms with Gasteiger partial charge in [0.15, 0.2) is 5.60 Å². The van der Waals surface area contributed by atoms with Crippen LogP contribution in [-0.2, 0) is 14.3 Å². The molecule has 11 heteroatoms. The number of piperidine rings is 1. The van der Waals surface area contributed by atoms with Gasteiger partial charge in [-0.3, -0.25) is 9.59 Å². The van der Waals surface area contributed by atoms with E-state index in [0.717, 1.165) is 18.4 Å². The SMILES string of the molecule is C[C@@H](CN1CCC2(CC1)OC(=O)NN=C2c1ccc(C#N)cc1Br)NC(=O)C(=O)NC1CC1. The third-order valence-corrected chi connectivity index (χ3v) is 6.68. The van der Waals surface area contributed by atoms with Gasteiger partial charge in [-0.25, -0.2) is 10.2 Å². The third kappa shape index (κ3) is 5.34. The molecule has 0 radical (unpaired) electrons. The second-order valence-corrected chi connectivity index (χ2v) is 9.54. The molecule has 10 nitrogen and oxygen atoms in total. The summed E-state index contributed by atoms with van der Waals surface area (Å²) in [6.07, 6.45) is 2.30. The van der Waals surface area contributed by atoms with Crippen molar-refractivity contribution in [3.8, 4) is 6.07 Å². The van der Waals surface area contributed by atoms with Crippen LogP contribution in [0.15, 0.2) is 27.8 Å². The molecule has 2 aliphatic heterocycles. The first kappa shape index (κ1) is 23.2. The van der Waals surface area contributed by atoms with Gasteiger partial charge in [-0.1, -0.05) is 22.0 Å². The van der Waals surface area contributed by atoms with Crippen LogP contribution in [0.1, 0.15) is 43.7 Å². The molecular formula is C22H25BrN6O4. The van der Waals surface area contributed by atoms with Crippen LogP contribution in [0.5, 0.6) is 0 Å². The monoisotopic (exact) mass is 516 g/mol. The van der Waals surface area contributed by atoms with Crippen LogP contribution in [-0.4, -0.2) is 65.8 Å². The molecule has 4 rings (SSSR count). The van der Waals surface area contributed by atoms with Crippen molar-refractivity contribution in [3.05, 3.63) is 33.8 Å². The first-order valence-electron chi connectivity index (χ1n) is 10.9. The van der Waals surface area contributed by atoms with Gasteiger partial charge < -0.3 is 20.3 Å². The fourth-order valence-electron chi connectivity index (χ4n) is 4.17. The Morgan fingerprint density at radius 3 is 2.73 bits per heavy atom. The van der Waals surface area contributed by atoms with E-state index in [9.17, 15) is 14.4 Å². The Labute approximate surface area is 199 Å². The summed E-state index contributed by atoms with van der Waals surface area (Å²) < 4.78 is 6.47. The fraction of sp³-hybridized carbons (Fsp3) is 0.500. The lowest BCUT2D eigenvalue weighted by Gasteiger charge is -2.43. The largest absolute Gasteiger partial charge is 0.435 e. The lowest BCUT2D eigenvalue weighted by Crippen LogP contribution is -2.57. The van der Waals surface area contributed by atoms with E-state index in [2.05, 4.69) is 48.1 Å². The lowest BCUT2D eigenvalue weighted by molar-refractivity contribution is -0.139. The Kier molecular flexibility index (Phi) is 6.67. The van der Waals surface area contributed by atoms with Crippen molar-refractivity contribution < 1.29 is 19.1 Å². The van der Waals surface area contributed by atoms with Crippen LogP contribution in [0.4, 0.5) is 4.79 Å². The zero-order chi connectivity index (χ0) is 23.6. The molecule has 2 fully saturated rings. The highest BCUT2D eigenvalue weighted by molar-refractivity contribution is 9.10. The predicted molar refractivity (Wildman–Crippen MR) is 122 cm³/mol. The maximum absolute atomic E-state index is 12.1. The molecule has 0 aromatic heterocycles. The number of likely N-dealkylation sites (tertiary alicyclic amines) is 1. The maximum atomic E-state index is 12.1. The molecule has 1 spiro atoms. The number of ether oxygens (including phenoxy) is 1. The van der Waals surface area contributed by atoms with Gasteiger partial charge in [-0.15, -0.1) is 0 Å².